The molecule has 0 bridgehead atoms. The van der Waals surface area contributed by atoms with Crippen LogP contribution in [0, 0.1) is 0 Å². The van der Waals surface area contributed by atoms with Crippen molar-refractivity contribution in [3.05, 3.63) is 24.3 Å². The van der Waals surface area contributed by atoms with E-state index < -0.39 is 49.4 Å². The number of rotatable bonds is 39. The maximum atomic E-state index is 12.8. The molecule has 0 saturated carbocycles. The molecule has 0 aromatic carbocycles. The number of aliphatic hydroxyl groups excluding tert-OH is 4. The van der Waals surface area contributed by atoms with E-state index in [1.165, 1.54) is 122 Å². The Kier molecular flexibility index (Phi) is 35.8. The van der Waals surface area contributed by atoms with E-state index in [4.69, 9.17) is 18.9 Å². The summed E-state index contributed by atoms with van der Waals surface area (Å²) in [6, 6.07) is 0. The lowest BCUT2D eigenvalue weighted by atomic mass is 9.99. The van der Waals surface area contributed by atoms with Gasteiger partial charge in [-0.3, -0.25) is 9.59 Å². The number of ether oxygens (including phenoxy) is 4. The minimum absolute atomic E-state index is 0.223. The second-order valence-corrected chi connectivity index (χ2v) is 16.2. The summed E-state index contributed by atoms with van der Waals surface area (Å²) in [5.41, 5.74) is 0. The van der Waals surface area contributed by atoms with Crippen LogP contribution in [0.4, 0.5) is 0 Å². The van der Waals surface area contributed by atoms with Crippen LogP contribution >= 0.6 is 0 Å². The van der Waals surface area contributed by atoms with Crippen molar-refractivity contribution in [3.63, 3.8) is 0 Å². The molecule has 0 aromatic rings. The van der Waals surface area contributed by atoms with E-state index in [9.17, 15) is 30.0 Å². The van der Waals surface area contributed by atoms with Crippen LogP contribution in [-0.2, 0) is 28.5 Å². The number of carbonyl (C=O) groups excluding carboxylic acids is 2. The Balaban J connectivity index is 2.32. The van der Waals surface area contributed by atoms with E-state index in [2.05, 4.69) is 38.2 Å². The molecule has 1 aliphatic rings. The minimum atomic E-state index is -1.60. The first-order valence-corrected chi connectivity index (χ1v) is 23.4. The molecule has 10 nitrogen and oxygen atoms in total. The van der Waals surface area contributed by atoms with Gasteiger partial charge in [-0.05, 0) is 64.2 Å². The zero-order valence-corrected chi connectivity index (χ0v) is 36.3. The first-order chi connectivity index (χ1) is 27.8. The Labute approximate surface area is 347 Å². The van der Waals surface area contributed by atoms with Crippen molar-refractivity contribution < 1.29 is 49.0 Å². The molecule has 6 atom stereocenters. The predicted molar refractivity (Wildman–Crippen MR) is 229 cm³/mol. The van der Waals surface area contributed by atoms with Gasteiger partial charge in [0, 0.05) is 12.8 Å². The second kappa shape index (κ2) is 38.4. The summed E-state index contributed by atoms with van der Waals surface area (Å²) < 4.78 is 22.2. The standard InChI is InChI=1S/C47H86O10/c1-3-5-7-9-11-13-15-17-19-20-22-24-26-28-30-32-34-36-43(50)56-40(39-55-47-46(53)45(52)44(51)41(37-48)57-47)38-54-42(49)35-33-31-29-27-25-23-21-18-16-14-12-10-8-6-4-2/h13,15,23,25,40-41,44-48,51-53H,3-12,14,16-22,24,26-39H2,1-2H3/b15-13+,25-23+/t40-,41-,44+,45?,46?,47-/m1/s1. The van der Waals surface area contributed by atoms with Crippen molar-refractivity contribution in [2.45, 2.75) is 243 Å². The molecule has 2 unspecified atom stereocenters. The Hall–Kier alpha value is -1.82. The normalized spacial score (nSPS) is 20.4. The van der Waals surface area contributed by atoms with Crippen LogP contribution in [0.3, 0.4) is 0 Å². The molecule has 1 fully saturated rings. The lowest BCUT2D eigenvalue weighted by Crippen LogP contribution is -2.59. The quantitative estimate of drug-likeness (QED) is 0.0268. The smallest absolute Gasteiger partial charge is 0.306 e. The third kappa shape index (κ3) is 30.0. The molecule has 10 heteroatoms. The fourth-order valence-electron chi connectivity index (χ4n) is 7.06. The summed E-state index contributed by atoms with van der Waals surface area (Å²) in [4.78, 5) is 25.3. The molecule has 0 radical (unpaired) electrons. The summed E-state index contributed by atoms with van der Waals surface area (Å²) in [5.74, 6) is -0.821. The van der Waals surface area contributed by atoms with Gasteiger partial charge in [0.1, 0.15) is 31.0 Å². The lowest BCUT2D eigenvalue weighted by molar-refractivity contribution is -0.305. The Bertz CT molecular complexity index is 985. The van der Waals surface area contributed by atoms with Crippen molar-refractivity contribution in [1.82, 2.24) is 0 Å². The van der Waals surface area contributed by atoms with E-state index >= 15 is 0 Å². The van der Waals surface area contributed by atoms with E-state index in [0.717, 1.165) is 44.9 Å². The van der Waals surface area contributed by atoms with Crippen LogP contribution in [0.5, 0.6) is 0 Å². The molecule has 0 spiro atoms. The summed E-state index contributed by atoms with van der Waals surface area (Å²) in [6.45, 7) is 3.41. The third-order valence-corrected chi connectivity index (χ3v) is 10.8. The largest absolute Gasteiger partial charge is 0.462 e. The number of allylic oxidation sites excluding steroid dienone is 4. The molecule has 0 amide bonds. The van der Waals surface area contributed by atoms with Gasteiger partial charge < -0.3 is 39.4 Å². The van der Waals surface area contributed by atoms with Gasteiger partial charge in [-0.1, -0.05) is 154 Å². The van der Waals surface area contributed by atoms with Crippen LogP contribution in [-0.4, -0.2) is 89.0 Å². The third-order valence-electron chi connectivity index (χ3n) is 10.8. The van der Waals surface area contributed by atoms with Crippen molar-refractivity contribution >= 4 is 11.9 Å². The summed E-state index contributed by atoms with van der Waals surface area (Å²) in [5, 5.41) is 40.1. The Morgan fingerprint density at radius 2 is 0.930 bits per heavy atom. The van der Waals surface area contributed by atoms with E-state index in [-0.39, 0.29) is 32.0 Å². The average molecular weight is 811 g/mol. The van der Waals surface area contributed by atoms with Gasteiger partial charge in [0.15, 0.2) is 12.4 Å². The molecule has 0 aliphatic carbocycles. The molecule has 1 aliphatic heterocycles. The van der Waals surface area contributed by atoms with Crippen LogP contribution in [0.1, 0.15) is 206 Å². The van der Waals surface area contributed by atoms with Crippen LogP contribution < -0.4 is 0 Å². The Morgan fingerprint density at radius 1 is 0.526 bits per heavy atom. The zero-order valence-electron chi connectivity index (χ0n) is 36.3. The van der Waals surface area contributed by atoms with E-state index in [0.29, 0.717) is 12.8 Å². The summed E-state index contributed by atoms with van der Waals surface area (Å²) in [7, 11) is 0. The minimum Gasteiger partial charge on any atom is -0.462 e. The fourth-order valence-corrected chi connectivity index (χ4v) is 7.06. The number of esters is 2. The first kappa shape index (κ1) is 53.2. The molecule has 1 saturated heterocycles. The SMILES string of the molecule is CCCCCC/C=C/CCCCCCCCCCCC(=O)O[C@H](COC(=O)CCCCC/C=C/CCCCCCCCCC)CO[C@@H]1O[C@H](CO)[C@H](O)C(O)C1O. The second-order valence-electron chi connectivity index (χ2n) is 16.2. The van der Waals surface area contributed by atoms with Crippen LogP contribution in [0.15, 0.2) is 24.3 Å². The van der Waals surface area contributed by atoms with Crippen molar-refractivity contribution in [3.8, 4) is 0 Å². The molecular weight excluding hydrogens is 725 g/mol. The molecule has 0 aromatic heterocycles. The number of hydrogen-bond acceptors (Lipinski definition) is 10. The van der Waals surface area contributed by atoms with Gasteiger partial charge in [0.05, 0.1) is 13.2 Å². The topological polar surface area (TPSA) is 152 Å². The molecule has 57 heavy (non-hydrogen) atoms. The monoisotopic (exact) mass is 811 g/mol. The lowest BCUT2D eigenvalue weighted by Gasteiger charge is -2.39. The number of carbonyl (C=O) groups is 2. The average Bonchev–Trinajstić information content (AvgIpc) is 3.21. The summed E-state index contributed by atoms with van der Waals surface area (Å²) >= 11 is 0. The zero-order chi connectivity index (χ0) is 41.6. The van der Waals surface area contributed by atoms with Crippen molar-refractivity contribution in [2.75, 3.05) is 19.8 Å². The highest BCUT2D eigenvalue weighted by molar-refractivity contribution is 5.70. The molecular formula is C47H86O10. The number of unbranched alkanes of at least 4 members (excludes halogenated alkanes) is 24. The highest BCUT2D eigenvalue weighted by atomic mass is 16.7. The number of aliphatic hydroxyl groups is 4. The highest BCUT2D eigenvalue weighted by Gasteiger charge is 2.44. The van der Waals surface area contributed by atoms with Gasteiger partial charge >= 0.3 is 11.9 Å². The van der Waals surface area contributed by atoms with Crippen LogP contribution in [0.2, 0.25) is 0 Å². The predicted octanol–water partition coefficient (Wildman–Crippen LogP) is 10.1. The first-order valence-electron chi connectivity index (χ1n) is 23.4. The van der Waals surface area contributed by atoms with Gasteiger partial charge in [-0.15, -0.1) is 0 Å². The highest BCUT2D eigenvalue weighted by Crippen LogP contribution is 2.23. The number of hydrogen-bond donors (Lipinski definition) is 4. The van der Waals surface area contributed by atoms with E-state index in [1.807, 2.05) is 0 Å². The fraction of sp³-hybridized carbons (Fsp3) is 0.872. The van der Waals surface area contributed by atoms with Gasteiger partial charge in [0.2, 0.25) is 0 Å². The van der Waals surface area contributed by atoms with Crippen LogP contribution in [0.25, 0.3) is 0 Å². The van der Waals surface area contributed by atoms with Gasteiger partial charge in [0.25, 0.3) is 0 Å². The molecule has 1 heterocycles. The maximum absolute atomic E-state index is 12.8. The maximum Gasteiger partial charge on any atom is 0.306 e. The van der Waals surface area contributed by atoms with Gasteiger partial charge in [-0.25, -0.2) is 0 Å². The summed E-state index contributed by atoms with van der Waals surface area (Å²) in [6.07, 6.45) is 34.7. The van der Waals surface area contributed by atoms with Crippen molar-refractivity contribution in [1.29, 1.82) is 0 Å². The Morgan fingerprint density at radius 3 is 1.40 bits per heavy atom. The molecule has 1 rings (SSSR count). The van der Waals surface area contributed by atoms with Gasteiger partial charge in [-0.2, -0.15) is 0 Å². The van der Waals surface area contributed by atoms with Crippen molar-refractivity contribution in [2.24, 2.45) is 0 Å². The van der Waals surface area contributed by atoms with E-state index in [1.54, 1.807) is 0 Å². The molecule has 334 valence electrons. The molecule has 4 N–H and O–H groups in total.